The van der Waals surface area contributed by atoms with E-state index in [0.29, 0.717) is 21.2 Å². The quantitative estimate of drug-likeness (QED) is 0.516. The number of benzene rings is 3. The van der Waals surface area contributed by atoms with Crippen LogP contribution in [0.5, 0.6) is 0 Å². The monoisotopic (exact) mass is 424 g/mol. The van der Waals surface area contributed by atoms with Gasteiger partial charge in [0.05, 0.1) is 5.57 Å². The molecule has 5 heteroatoms. The van der Waals surface area contributed by atoms with Gasteiger partial charge in [0.2, 0.25) is 0 Å². The SMILES string of the molecule is Cc1ccc(-c2ccc(Cl)cc2)cc1C1=C(O)C(c2ccc(Cl)cc2)OCC1=O. The summed E-state index contributed by atoms with van der Waals surface area (Å²) >= 11 is 12.0. The molecule has 3 aromatic carbocycles. The summed E-state index contributed by atoms with van der Waals surface area (Å²) in [4.78, 5) is 12.7. The third-order valence-corrected chi connectivity index (χ3v) is 5.53. The molecule has 1 aliphatic rings. The predicted molar refractivity (Wildman–Crippen MR) is 116 cm³/mol. The molecule has 4 rings (SSSR count). The fourth-order valence-electron chi connectivity index (χ4n) is 3.48. The molecule has 1 heterocycles. The molecule has 0 spiro atoms. The first-order chi connectivity index (χ1) is 13.9. The lowest BCUT2D eigenvalue weighted by Gasteiger charge is -2.26. The molecule has 3 nitrogen and oxygen atoms in total. The Morgan fingerprint density at radius 1 is 0.897 bits per heavy atom. The average Bonchev–Trinajstić information content (AvgIpc) is 2.71. The Morgan fingerprint density at radius 3 is 2.14 bits per heavy atom. The number of aryl methyl sites for hydroxylation is 1. The Balaban J connectivity index is 1.81. The molecule has 1 atom stereocenters. The van der Waals surface area contributed by atoms with E-state index in [0.717, 1.165) is 22.3 Å². The Bertz CT molecular complexity index is 1100. The maximum absolute atomic E-state index is 12.7. The lowest BCUT2D eigenvalue weighted by atomic mass is 9.89. The summed E-state index contributed by atoms with van der Waals surface area (Å²) < 4.78 is 5.63. The van der Waals surface area contributed by atoms with E-state index in [1.807, 2.05) is 49.4 Å². The summed E-state index contributed by atoms with van der Waals surface area (Å²) in [5, 5.41) is 12.2. The number of hydrogen-bond acceptors (Lipinski definition) is 3. The number of aliphatic hydroxyl groups excluding tert-OH is 1. The zero-order valence-electron chi connectivity index (χ0n) is 15.7. The second-order valence-corrected chi connectivity index (χ2v) is 7.84. The molecule has 0 saturated carbocycles. The topological polar surface area (TPSA) is 46.5 Å². The van der Waals surface area contributed by atoms with Crippen LogP contribution < -0.4 is 0 Å². The van der Waals surface area contributed by atoms with E-state index in [4.69, 9.17) is 27.9 Å². The highest BCUT2D eigenvalue weighted by Crippen LogP contribution is 2.37. The van der Waals surface area contributed by atoms with E-state index < -0.39 is 6.10 Å². The summed E-state index contributed by atoms with van der Waals surface area (Å²) in [5.41, 5.74) is 4.54. The maximum Gasteiger partial charge on any atom is 0.192 e. The molecule has 1 aliphatic heterocycles. The van der Waals surface area contributed by atoms with Crippen molar-refractivity contribution in [1.29, 1.82) is 0 Å². The van der Waals surface area contributed by atoms with Gasteiger partial charge in [0.25, 0.3) is 0 Å². The molecule has 0 aromatic heterocycles. The van der Waals surface area contributed by atoms with Gasteiger partial charge in [-0.05, 0) is 65.1 Å². The minimum absolute atomic E-state index is 0.0834. The van der Waals surface area contributed by atoms with Crippen LogP contribution in [0.3, 0.4) is 0 Å². The Labute approximate surface area is 179 Å². The van der Waals surface area contributed by atoms with Crippen LogP contribution in [0.1, 0.15) is 22.8 Å². The largest absolute Gasteiger partial charge is 0.508 e. The third kappa shape index (κ3) is 3.95. The second-order valence-electron chi connectivity index (χ2n) is 6.96. The highest BCUT2D eigenvalue weighted by molar-refractivity contribution is 6.31. The molecule has 0 radical (unpaired) electrons. The van der Waals surface area contributed by atoms with E-state index in [9.17, 15) is 9.90 Å². The van der Waals surface area contributed by atoms with Gasteiger partial charge in [-0.2, -0.15) is 0 Å². The Morgan fingerprint density at radius 2 is 1.48 bits per heavy atom. The zero-order chi connectivity index (χ0) is 20.5. The first kappa shape index (κ1) is 19.7. The molecule has 3 aromatic rings. The molecule has 0 amide bonds. The third-order valence-electron chi connectivity index (χ3n) is 5.02. The van der Waals surface area contributed by atoms with Gasteiger partial charge in [-0.1, -0.05) is 59.6 Å². The molecule has 146 valence electrons. The molecular formula is C24H18Cl2O3. The van der Waals surface area contributed by atoms with E-state index >= 15 is 0 Å². The van der Waals surface area contributed by atoms with Crippen molar-refractivity contribution in [2.75, 3.05) is 6.61 Å². The lowest BCUT2D eigenvalue weighted by molar-refractivity contribution is -0.121. The number of rotatable bonds is 3. The number of halogens is 2. The number of carbonyl (C=O) groups excluding carboxylic acids is 1. The van der Waals surface area contributed by atoms with E-state index in [2.05, 4.69) is 0 Å². The highest BCUT2D eigenvalue weighted by Gasteiger charge is 2.32. The Hall–Kier alpha value is -2.59. The van der Waals surface area contributed by atoms with Crippen molar-refractivity contribution in [3.05, 3.63) is 99.2 Å². The van der Waals surface area contributed by atoms with Crippen molar-refractivity contribution in [2.45, 2.75) is 13.0 Å². The number of carbonyl (C=O) groups is 1. The van der Waals surface area contributed by atoms with Crippen molar-refractivity contribution in [3.63, 3.8) is 0 Å². The minimum Gasteiger partial charge on any atom is -0.508 e. The van der Waals surface area contributed by atoms with E-state index in [1.54, 1.807) is 24.3 Å². The van der Waals surface area contributed by atoms with Crippen LogP contribution in [0.25, 0.3) is 16.7 Å². The van der Waals surface area contributed by atoms with Gasteiger partial charge >= 0.3 is 0 Å². The molecular weight excluding hydrogens is 407 g/mol. The van der Waals surface area contributed by atoms with Crippen LogP contribution in [0.15, 0.2) is 72.5 Å². The average molecular weight is 425 g/mol. The summed E-state index contributed by atoms with van der Waals surface area (Å²) in [6.07, 6.45) is -0.710. The number of ketones is 1. The molecule has 0 bridgehead atoms. The standard InChI is InChI=1S/C24H18Cl2O3/c1-14-2-3-17(15-4-8-18(25)9-5-15)12-20(14)22-21(27)13-29-24(23(22)28)16-6-10-19(26)11-7-16/h2-12,24,28H,13H2,1H3. The molecule has 1 unspecified atom stereocenters. The molecule has 29 heavy (non-hydrogen) atoms. The molecule has 1 N–H and O–H groups in total. The number of ether oxygens (including phenoxy) is 1. The van der Waals surface area contributed by atoms with Crippen molar-refractivity contribution < 1.29 is 14.6 Å². The van der Waals surface area contributed by atoms with Gasteiger partial charge in [0, 0.05) is 10.0 Å². The number of aliphatic hydroxyl groups is 1. The van der Waals surface area contributed by atoms with E-state index in [-0.39, 0.29) is 18.1 Å². The molecule has 0 fully saturated rings. The van der Waals surface area contributed by atoms with E-state index in [1.165, 1.54) is 0 Å². The van der Waals surface area contributed by atoms with Crippen LogP contribution in [0, 0.1) is 6.92 Å². The van der Waals surface area contributed by atoms with Crippen LogP contribution in [0.2, 0.25) is 10.0 Å². The van der Waals surface area contributed by atoms with Crippen molar-refractivity contribution >= 4 is 34.6 Å². The maximum atomic E-state index is 12.7. The van der Waals surface area contributed by atoms with Crippen LogP contribution in [-0.2, 0) is 9.53 Å². The minimum atomic E-state index is -0.710. The van der Waals surface area contributed by atoms with Crippen molar-refractivity contribution in [3.8, 4) is 11.1 Å². The predicted octanol–water partition coefficient (Wildman–Crippen LogP) is 6.58. The van der Waals surface area contributed by atoms with Gasteiger partial charge in [-0.15, -0.1) is 0 Å². The molecule has 0 aliphatic carbocycles. The van der Waals surface area contributed by atoms with Crippen LogP contribution >= 0.6 is 23.2 Å². The molecule has 0 saturated heterocycles. The van der Waals surface area contributed by atoms with Crippen LogP contribution in [-0.4, -0.2) is 17.5 Å². The Kier molecular flexibility index (Phi) is 5.46. The van der Waals surface area contributed by atoms with Gasteiger partial charge in [-0.3, -0.25) is 4.79 Å². The smallest absolute Gasteiger partial charge is 0.192 e. The lowest BCUT2D eigenvalue weighted by Crippen LogP contribution is -2.24. The highest BCUT2D eigenvalue weighted by atomic mass is 35.5. The fraction of sp³-hybridized carbons (Fsp3) is 0.125. The summed E-state index contributed by atoms with van der Waals surface area (Å²) in [5.74, 6) is -0.330. The number of hydrogen-bond donors (Lipinski definition) is 1. The van der Waals surface area contributed by atoms with Gasteiger partial charge in [0.1, 0.15) is 18.5 Å². The van der Waals surface area contributed by atoms with Gasteiger partial charge in [-0.25, -0.2) is 0 Å². The summed E-state index contributed by atoms with van der Waals surface area (Å²) in [7, 11) is 0. The zero-order valence-corrected chi connectivity index (χ0v) is 17.2. The first-order valence-electron chi connectivity index (χ1n) is 9.14. The van der Waals surface area contributed by atoms with Crippen LogP contribution in [0.4, 0.5) is 0 Å². The number of Topliss-reactive ketones (excluding diaryl/α,β-unsaturated/α-hetero) is 1. The summed E-state index contributed by atoms with van der Waals surface area (Å²) in [6, 6.07) is 20.4. The normalized spacial score (nSPS) is 16.9. The van der Waals surface area contributed by atoms with Gasteiger partial charge < -0.3 is 9.84 Å². The fourth-order valence-corrected chi connectivity index (χ4v) is 3.73. The van der Waals surface area contributed by atoms with Gasteiger partial charge in [0.15, 0.2) is 5.78 Å². The van der Waals surface area contributed by atoms with Crippen molar-refractivity contribution in [1.82, 2.24) is 0 Å². The van der Waals surface area contributed by atoms with Crippen molar-refractivity contribution in [2.24, 2.45) is 0 Å². The second kappa shape index (κ2) is 8.03. The summed E-state index contributed by atoms with van der Waals surface area (Å²) in [6.45, 7) is 1.82. The first-order valence-corrected chi connectivity index (χ1v) is 9.90.